The minimum atomic E-state index is -1.79. The van der Waals surface area contributed by atoms with Crippen molar-refractivity contribution < 1.29 is 64.6 Å². The first kappa shape index (κ1) is 77.0. The van der Waals surface area contributed by atoms with E-state index >= 15 is 0 Å². The van der Waals surface area contributed by atoms with Gasteiger partial charge < -0.3 is 65.1 Å². The third-order valence-corrected chi connectivity index (χ3v) is 16.8. The number of amides is 1. The molecule has 2 aliphatic rings. The van der Waals surface area contributed by atoms with Crippen molar-refractivity contribution in [2.75, 3.05) is 19.8 Å². The molecule has 1 amide bonds. The molecule has 0 radical (unpaired) electrons. The summed E-state index contributed by atoms with van der Waals surface area (Å²) in [7, 11) is 0. The maximum Gasteiger partial charge on any atom is 0.220 e. The van der Waals surface area contributed by atoms with Gasteiger partial charge in [-0.3, -0.25) is 4.79 Å². The third kappa shape index (κ3) is 38.8. The molecule has 0 saturated carbocycles. The molecule has 2 aliphatic heterocycles. The predicted octanol–water partition coefficient (Wildman–Crippen LogP) is 13.5. The summed E-state index contributed by atoms with van der Waals surface area (Å²) >= 11 is 0. The molecule has 0 aromatic heterocycles. The van der Waals surface area contributed by atoms with Crippen LogP contribution in [0.3, 0.4) is 0 Å². The summed E-state index contributed by atoms with van der Waals surface area (Å²) in [5.41, 5.74) is 0. The van der Waals surface area contributed by atoms with Gasteiger partial charge >= 0.3 is 0 Å². The molecule has 0 spiro atoms. The van der Waals surface area contributed by atoms with Crippen molar-refractivity contribution in [1.29, 1.82) is 0 Å². The highest BCUT2D eigenvalue weighted by molar-refractivity contribution is 5.76. The van der Waals surface area contributed by atoms with Gasteiger partial charge in [0.15, 0.2) is 12.6 Å². The molecule has 0 aromatic rings. The first-order valence-corrected chi connectivity index (χ1v) is 34.4. The van der Waals surface area contributed by atoms with Crippen molar-refractivity contribution in [3.05, 3.63) is 48.6 Å². The Kier molecular flexibility index (Phi) is 50.2. The number of hydrogen-bond acceptors (Lipinski definition) is 13. The Morgan fingerprint density at radius 3 is 1.24 bits per heavy atom. The molecule has 0 bridgehead atoms. The molecule has 9 N–H and O–H groups in total. The van der Waals surface area contributed by atoms with Gasteiger partial charge in [-0.25, -0.2) is 0 Å². The van der Waals surface area contributed by atoms with Crippen LogP contribution >= 0.6 is 0 Å². The van der Waals surface area contributed by atoms with Crippen molar-refractivity contribution in [3.63, 3.8) is 0 Å². The number of aliphatic hydroxyl groups excluding tert-OH is 8. The second-order valence-corrected chi connectivity index (χ2v) is 24.3. The predicted molar refractivity (Wildman–Crippen MR) is 337 cm³/mol. The van der Waals surface area contributed by atoms with Crippen LogP contribution in [0.15, 0.2) is 48.6 Å². The van der Waals surface area contributed by atoms with E-state index in [2.05, 4.69) is 55.6 Å². The fourth-order valence-corrected chi connectivity index (χ4v) is 11.2. The summed E-state index contributed by atoms with van der Waals surface area (Å²) in [6.45, 7) is 2.79. The van der Waals surface area contributed by atoms with Gasteiger partial charge in [-0.05, 0) is 57.8 Å². The van der Waals surface area contributed by atoms with Crippen LogP contribution < -0.4 is 5.32 Å². The number of hydrogen-bond donors (Lipinski definition) is 9. The van der Waals surface area contributed by atoms with E-state index in [0.29, 0.717) is 6.42 Å². The maximum absolute atomic E-state index is 13.3. The standard InChI is InChI=1S/C69H127NO13/c1-3-5-7-9-11-13-15-17-19-21-23-24-25-26-27-28-29-30-31-32-33-35-36-38-40-42-44-46-48-50-52-58(73)57(70-61(74)53-51-49-47-45-43-41-39-37-34-22-20-18-16-14-12-10-8-6-4-2)56-80-68-66(79)64(77)67(60(55-72)82-68)83-69-65(78)63(76)62(75)59(54-71)81-69/h12,14,18,20,34,37,50,52,57-60,62-69,71-73,75-79H,3-11,13,15-17,19,21-33,35-36,38-49,51,53-56H2,1-2H3,(H,70,74)/b14-12-,20-18-,37-34-,52-50+. The highest BCUT2D eigenvalue weighted by Crippen LogP contribution is 2.30. The quantitative estimate of drug-likeness (QED) is 0.0204. The van der Waals surface area contributed by atoms with Crippen LogP contribution in [0, 0.1) is 0 Å². The second kappa shape index (κ2) is 54.1. The first-order valence-electron chi connectivity index (χ1n) is 34.4. The van der Waals surface area contributed by atoms with Gasteiger partial charge in [-0.2, -0.15) is 0 Å². The van der Waals surface area contributed by atoms with Gasteiger partial charge in [-0.15, -0.1) is 0 Å². The van der Waals surface area contributed by atoms with Gasteiger partial charge in [0.1, 0.15) is 48.8 Å². The Balaban J connectivity index is 1.69. The Morgan fingerprint density at radius 2 is 0.795 bits per heavy atom. The van der Waals surface area contributed by atoms with E-state index in [-0.39, 0.29) is 18.9 Å². The first-order chi connectivity index (χ1) is 40.6. The van der Waals surface area contributed by atoms with Crippen LogP contribution in [0.5, 0.6) is 0 Å². The number of allylic oxidation sites excluding steroid dienone is 7. The van der Waals surface area contributed by atoms with Gasteiger partial charge in [-0.1, -0.05) is 274 Å². The normalized spacial score (nSPS) is 24.1. The van der Waals surface area contributed by atoms with Gasteiger partial charge in [0.2, 0.25) is 5.91 Å². The van der Waals surface area contributed by atoms with Gasteiger partial charge in [0.25, 0.3) is 0 Å². The number of carbonyl (C=O) groups is 1. The number of aliphatic hydroxyl groups is 8. The Morgan fingerprint density at radius 1 is 0.434 bits per heavy atom. The fourth-order valence-electron chi connectivity index (χ4n) is 11.2. The van der Waals surface area contributed by atoms with E-state index in [9.17, 15) is 45.6 Å². The molecule has 0 aliphatic carbocycles. The maximum atomic E-state index is 13.3. The van der Waals surface area contributed by atoms with Crippen molar-refractivity contribution in [2.45, 2.75) is 364 Å². The largest absolute Gasteiger partial charge is 0.394 e. The number of rotatable bonds is 56. The summed E-state index contributed by atoms with van der Waals surface area (Å²) in [4.78, 5) is 13.3. The zero-order chi connectivity index (χ0) is 60.2. The van der Waals surface area contributed by atoms with Crippen molar-refractivity contribution in [2.24, 2.45) is 0 Å². The molecule has 486 valence electrons. The highest BCUT2D eigenvalue weighted by Gasteiger charge is 2.51. The van der Waals surface area contributed by atoms with Crippen LogP contribution in [0.25, 0.3) is 0 Å². The molecule has 2 saturated heterocycles. The third-order valence-electron chi connectivity index (χ3n) is 16.8. The van der Waals surface area contributed by atoms with Gasteiger partial charge in [0.05, 0.1) is 32.0 Å². The van der Waals surface area contributed by atoms with E-state index in [0.717, 1.165) is 70.6 Å². The molecule has 14 nitrogen and oxygen atoms in total. The summed E-state index contributed by atoms with van der Waals surface area (Å²) in [5.74, 6) is -0.250. The smallest absolute Gasteiger partial charge is 0.220 e. The van der Waals surface area contributed by atoms with E-state index in [1.165, 1.54) is 193 Å². The van der Waals surface area contributed by atoms with E-state index < -0.39 is 86.8 Å². The molecular weight excluding hydrogens is 1050 g/mol. The monoisotopic (exact) mass is 1180 g/mol. The van der Waals surface area contributed by atoms with Crippen LogP contribution in [0.1, 0.15) is 290 Å². The second-order valence-electron chi connectivity index (χ2n) is 24.3. The number of nitrogens with one attached hydrogen (secondary N) is 1. The molecule has 83 heavy (non-hydrogen) atoms. The lowest BCUT2D eigenvalue weighted by atomic mass is 9.97. The minimum absolute atomic E-state index is 0.250. The lowest BCUT2D eigenvalue weighted by molar-refractivity contribution is -0.359. The molecule has 0 aromatic carbocycles. The lowest BCUT2D eigenvalue weighted by Gasteiger charge is -2.46. The van der Waals surface area contributed by atoms with Crippen LogP contribution in [-0.2, 0) is 23.7 Å². The Labute approximate surface area is 505 Å². The fraction of sp³-hybridized carbons (Fsp3) is 0.870. The van der Waals surface area contributed by atoms with Gasteiger partial charge in [0, 0.05) is 6.42 Å². The number of carbonyl (C=O) groups excluding carboxylic acids is 1. The van der Waals surface area contributed by atoms with Crippen molar-refractivity contribution in [1.82, 2.24) is 5.32 Å². The van der Waals surface area contributed by atoms with Crippen LogP contribution in [0.4, 0.5) is 0 Å². The zero-order valence-electron chi connectivity index (χ0n) is 52.7. The molecular formula is C69H127NO13. The molecule has 12 unspecified atom stereocenters. The highest BCUT2D eigenvalue weighted by atomic mass is 16.7. The van der Waals surface area contributed by atoms with E-state index in [1.54, 1.807) is 6.08 Å². The van der Waals surface area contributed by atoms with E-state index in [1.807, 2.05) is 6.08 Å². The van der Waals surface area contributed by atoms with Crippen molar-refractivity contribution in [3.8, 4) is 0 Å². The summed E-state index contributed by atoms with van der Waals surface area (Å²) in [6.07, 6.45) is 53.1. The molecule has 2 heterocycles. The lowest BCUT2D eigenvalue weighted by Crippen LogP contribution is -2.65. The minimum Gasteiger partial charge on any atom is -0.394 e. The summed E-state index contributed by atoms with van der Waals surface area (Å²) < 4.78 is 22.8. The number of ether oxygens (including phenoxy) is 4. The van der Waals surface area contributed by atoms with E-state index in [4.69, 9.17) is 18.9 Å². The molecule has 2 fully saturated rings. The Bertz CT molecular complexity index is 1580. The summed E-state index contributed by atoms with van der Waals surface area (Å²) in [6, 6.07) is -0.924. The SMILES string of the molecule is CCCCC/C=C\C/C=C\C/C=C\CCCCCCCCC(=O)NC(COC1OC(CO)C(OC2OC(CO)C(O)C(O)C2O)C(O)C1O)C(O)/C=C/CCCCCCCCCCCCCCCCCCCCCCCCCCCCCC. The average molecular weight is 1180 g/mol. The molecule has 12 atom stereocenters. The zero-order valence-corrected chi connectivity index (χ0v) is 52.7. The number of unbranched alkanes of at least 4 members (excludes halogenated alkanes) is 37. The average Bonchev–Trinajstić information content (AvgIpc) is 3.64. The summed E-state index contributed by atoms with van der Waals surface area (Å²) in [5, 5.41) is 87.4. The van der Waals surface area contributed by atoms with Crippen LogP contribution in [0.2, 0.25) is 0 Å². The topological polar surface area (TPSA) is 228 Å². The molecule has 2 rings (SSSR count). The Hall–Kier alpha value is -2.05. The molecule has 14 heteroatoms. The van der Waals surface area contributed by atoms with Crippen molar-refractivity contribution >= 4 is 5.91 Å². The van der Waals surface area contributed by atoms with Crippen LogP contribution in [-0.4, -0.2) is 140 Å².